The Balaban J connectivity index is 3.91. The Kier molecular flexibility index (Phi) is 4.05. The molecule has 0 aliphatic heterocycles. The highest BCUT2D eigenvalue weighted by Gasteiger charge is 2.24. The molecule has 0 amide bonds. The molecule has 0 saturated carbocycles. The van der Waals surface area contributed by atoms with Gasteiger partial charge in [0.2, 0.25) is 0 Å². The average Bonchev–Trinajstić information content (AvgIpc) is 1.55. The van der Waals surface area contributed by atoms with Crippen LogP contribution < -0.4 is 0 Å². The van der Waals surface area contributed by atoms with Crippen LogP contribution >= 0.6 is 8.58 Å². The van der Waals surface area contributed by atoms with E-state index in [0.29, 0.717) is 10.8 Å². The number of hydrogen-bond acceptors (Lipinski definition) is 0. The lowest BCUT2D eigenvalue weighted by molar-refractivity contribution is 0.238. The van der Waals surface area contributed by atoms with E-state index < -0.39 is 0 Å². The van der Waals surface area contributed by atoms with Crippen molar-refractivity contribution in [3.05, 3.63) is 0 Å². The van der Waals surface area contributed by atoms with Gasteiger partial charge in [-0.25, -0.2) is 0 Å². The molecule has 1 unspecified atom stereocenters. The fourth-order valence-electron chi connectivity index (χ4n) is 1.98. The predicted molar refractivity (Wildman–Crippen MR) is 57.0 cm³/mol. The van der Waals surface area contributed by atoms with Gasteiger partial charge in [0.1, 0.15) is 0 Å². The molecule has 11 heavy (non-hydrogen) atoms. The van der Waals surface area contributed by atoms with Crippen molar-refractivity contribution in [2.75, 3.05) is 12.8 Å². The molecule has 0 aromatic rings. The molecule has 0 aliphatic rings. The highest BCUT2D eigenvalue weighted by Crippen LogP contribution is 2.36. The molecule has 1 atom stereocenters. The second-order valence-electron chi connectivity index (χ2n) is 5.43. The first-order chi connectivity index (χ1) is 4.77. The highest BCUT2D eigenvalue weighted by atomic mass is 31.1. The molecule has 68 valence electrons. The highest BCUT2D eigenvalue weighted by molar-refractivity contribution is 7.37. The third kappa shape index (κ3) is 6.81. The van der Waals surface area contributed by atoms with E-state index in [-0.39, 0.29) is 0 Å². The van der Waals surface area contributed by atoms with Gasteiger partial charge >= 0.3 is 0 Å². The maximum absolute atomic E-state index is 2.38. The molecular formula is C10H23P. The minimum absolute atomic E-state index is 0.489. The van der Waals surface area contributed by atoms with Gasteiger partial charge in [-0.15, -0.1) is 8.58 Å². The molecule has 1 heteroatoms. The van der Waals surface area contributed by atoms with Crippen molar-refractivity contribution in [3.63, 3.8) is 0 Å². The topological polar surface area (TPSA) is 0 Å². The zero-order valence-corrected chi connectivity index (χ0v) is 9.91. The number of rotatable bonds is 3. The van der Waals surface area contributed by atoms with Crippen molar-refractivity contribution in [1.29, 1.82) is 0 Å². The molecule has 0 aromatic heterocycles. The summed E-state index contributed by atoms with van der Waals surface area (Å²) >= 11 is 0. The Morgan fingerprint density at radius 3 is 1.73 bits per heavy atom. The van der Waals surface area contributed by atoms with Crippen molar-refractivity contribution in [2.45, 2.75) is 41.0 Å². The first-order valence-electron chi connectivity index (χ1n) is 4.41. The maximum Gasteiger partial charge on any atom is -0.0304 e. The minimum atomic E-state index is 0.489. The summed E-state index contributed by atoms with van der Waals surface area (Å²) in [6.07, 6.45) is 2.71. The number of hydrogen-bond donors (Lipinski definition) is 0. The van der Waals surface area contributed by atoms with Crippen LogP contribution in [0.2, 0.25) is 0 Å². The summed E-state index contributed by atoms with van der Waals surface area (Å²) in [5, 5.41) is 0. The van der Waals surface area contributed by atoms with Crippen LogP contribution in [-0.4, -0.2) is 12.8 Å². The standard InChI is InChI=1S/C10H23P/c1-9(2,3)7-10(4,5)8-11-6/h11H,7-8H2,1-6H3. The van der Waals surface area contributed by atoms with Gasteiger partial charge in [0, 0.05) is 0 Å². The molecule has 0 radical (unpaired) electrons. The van der Waals surface area contributed by atoms with Crippen molar-refractivity contribution in [3.8, 4) is 0 Å². The van der Waals surface area contributed by atoms with Gasteiger partial charge in [0.05, 0.1) is 0 Å². The Morgan fingerprint density at radius 1 is 1.00 bits per heavy atom. The Labute approximate surface area is 73.9 Å². The van der Waals surface area contributed by atoms with Gasteiger partial charge in [-0.3, -0.25) is 0 Å². The second-order valence-corrected chi connectivity index (χ2v) is 6.49. The van der Waals surface area contributed by atoms with E-state index in [1.807, 2.05) is 0 Å². The lowest BCUT2D eigenvalue weighted by Crippen LogP contribution is -2.22. The van der Waals surface area contributed by atoms with E-state index in [2.05, 4.69) is 41.3 Å². The van der Waals surface area contributed by atoms with Crippen LogP contribution in [0.3, 0.4) is 0 Å². The van der Waals surface area contributed by atoms with Gasteiger partial charge < -0.3 is 0 Å². The van der Waals surface area contributed by atoms with Gasteiger partial charge in [0.25, 0.3) is 0 Å². The zero-order valence-electron chi connectivity index (χ0n) is 8.91. The van der Waals surface area contributed by atoms with Crippen molar-refractivity contribution < 1.29 is 0 Å². The van der Waals surface area contributed by atoms with E-state index >= 15 is 0 Å². The van der Waals surface area contributed by atoms with Gasteiger partial charge in [-0.2, -0.15) is 0 Å². The summed E-state index contributed by atoms with van der Waals surface area (Å²) in [4.78, 5) is 0. The first kappa shape index (κ1) is 11.4. The molecule has 0 saturated heterocycles. The fourth-order valence-corrected chi connectivity index (χ4v) is 3.06. The Morgan fingerprint density at radius 2 is 1.45 bits per heavy atom. The quantitative estimate of drug-likeness (QED) is 0.571. The molecule has 0 aliphatic carbocycles. The first-order valence-corrected chi connectivity index (χ1v) is 6.12. The third-order valence-electron chi connectivity index (χ3n) is 1.66. The monoisotopic (exact) mass is 174 g/mol. The van der Waals surface area contributed by atoms with E-state index in [1.165, 1.54) is 12.6 Å². The second kappa shape index (κ2) is 3.90. The van der Waals surface area contributed by atoms with Crippen LogP contribution in [0.25, 0.3) is 0 Å². The maximum atomic E-state index is 2.38. The van der Waals surface area contributed by atoms with Gasteiger partial charge in [-0.1, -0.05) is 34.6 Å². The van der Waals surface area contributed by atoms with Gasteiger partial charge in [0.15, 0.2) is 0 Å². The minimum Gasteiger partial charge on any atom is -0.125 e. The summed E-state index contributed by atoms with van der Waals surface area (Å²) in [6.45, 7) is 14.0. The van der Waals surface area contributed by atoms with Crippen LogP contribution in [0, 0.1) is 10.8 Å². The lowest BCUT2D eigenvalue weighted by Gasteiger charge is -2.32. The molecule has 0 N–H and O–H groups in total. The molecule has 0 heterocycles. The molecule has 0 bridgehead atoms. The summed E-state index contributed by atoms with van der Waals surface area (Å²) < 4.78 is 0. The van der Waals surface area contributed by atoms with Crippen molar-refractivity contribution in [1.82, 2.24) is 0 Å². The summed E-state index contributed by atoms with van der Waals surface area (Å²) in [7, 11) is 1.10. The molecule has 0 fully saturated rings. The van der Waals surface area contributed by atoms with E-state index in [0.717, 1.165) is 8.58 Å². The van der Waals surface area contributed by atoms with Crippen molar-refractivity contribution >= 4 is 8.58 Å². The van der Waals surface area contributed by atoms with E-state index in [9.17, 15) is 0 Å². The molecule has 0 aromatic carbocycles. The van der Waals surface area contributed by atoms with Gasteiger partial charge in [-0.05, 0) is 30.1 Å². The molecule has 0 nitrogen and oxygen atoms in total. The van der Waals surface area contributed by atoms with E-state index in [4.69, 9.17) is 0 Å². The Bertz CT molecular complexity index is 109. The molecule has 0 rings (SSSR count). The predicted octanol–water partition coefficient (Wildman–Crippen LogP) is 3.76. The largest absolute Gasteiger partial charge is 0.125 e. The summed E-state index contributed by atoms with van der Waals surface area (Å²) in [5.41, 5.74) is 1.04. The fraction of sp³-hybridized carbons (Fsp3) is 1.00. The van der Waals surface area contributed by atoms with Crippen LogP contribution in [-0.2, 0) is 0 Å². The van der Waals surface area contributed by atoms with Crippen LogP contribution in [0.4, 0.5) is 0 Å². The molecular weight excluding hydrogens is 151 g/mol. The third-order valence-corrected chi connectivity index (χ3v) is 2.97. The van der Waals surface area contributed by atoms with Crippen LogP contribution in [0.5, 0.6) is 0 Å². The van der Waals surface area contributed by atoms with Crippen molar-refractivity contribution in [2.24, 2.45) is 10.8 Å². The SMILES string of the molecule is CPCC(C)(C)CC(C)(C)C. The lowest BCUT2D eigenvalue weighted by atomic mass is 9.77. The summed E-state index contributed by atoms with van der Waals surface area (Å²) in [6, 6.07) is 0. The zero-order chi connectivity index (χ0) is 9.12. The average molecular weight is 174 g/mol. The Hall–Kier alpha value is 0.430. The van der Waals surface area contributed by atoms with Crippen LogP contribution in [0.1, 0.15) is 41.0 Å². The smallest absolute Gasteiger partial charge is 0.0304 e. The van der Waals surface area contributed by atoms with Crippen LogP contribution in [0.15, 0.2) is 0 Å². The molecule has 0 spiro atoms. The normalized spacial score (nSPS) is 14.7. The summed E-state index contributed by atoms with van der Waals surface area (Å²) in [5.74, 6) is 0. The van der Waals surface area contributed by atoms with E-state index in [1.54, 1.807) is 0 Å².